The molecule has 0 bridgehead atoms. The summed E-state index contributed by atoms with van der Waals surface area (Å²) in [5.41, 5.74) is 4.93. The molecule has 0 spiro atoms. The van der Waals surface area contributed by atoms with Crippen LogP contribution < -0.4 is 0 Å². The number of ether oxygens (including phenoxy) is 1. The van der Waals surface area contributed by atoms with Crippen LogP contribution in [0.5, 0.6) is 0 Å². The van der Waals surface area contributed by atoms with Crippen molar-refractivity contribution in [3.8, 4) is 5.69 Å². The highest BCUT2D eigenvalue weighted by atomic mass is 16.5. The van der Waals surface area contributed by atoms with Crippen LogP contribution in [0, 0.1) is 12.8 Å². The molecule has 1 aliphatic heterocycles. The fraction of sp³-hybridized carbons (Fsp3) is 0.545. The zero-order valence-electron chi connectivity index (χ0n) is 17.2. The molecule has 1 aromatic heterocycles. The van der Waals surface area contributed by atoms with Crippen molar-refractivity contribution in [2.75, 3.05) is 26.3 Å². The maximum Gasteiger partial charge on any atom is 0.257 e. The molecule has 2 heterocycles. The molecular weight excluding hydrogens is 338 g/mol. The molecule has 5 heteroatoms. The first-order chi connectivity index (χ1) is 12.9. The first kappa shape index (κ1) is 19.6. The average Bonchev–Trinajstić information content (AvgIpc) is 3.01. The molecule has 3 rings (SSSR count). The minimum Gasteiger partial charge on any atom is -0.378 e. The number of hydrogen-bond acceptors (Lipinski definition) is 3. The van der Waals surface area contributed by atoms with Crippen molar-refractivity contribution < 1.29 is 9.53 Å². The molecule has 2 aromatic rings. The summed E-state index contributed by atoms with van der Waals surface area (Å²) < 4.78 is 7.41. The Balaban J connectivity index is 2.13. The Kier molecular flexibility index (Phi) is 6.00. The van der Waals surface area contributed by atoms with Crippen LogP contribution in [-0.4, -0.2) is 46.9 Å². The Morgan fingerprint density at radius 1 is 1.11 bits per heavy atom. The zero-order chi connectivity index (χ0) is 19.6. The van der Waals surface area contributed by atoms with Gasteiger partial charge in [0.25, 0.3) is 5.91 Å². The van der Waals surface area contributed by atoms with E-state index in [0.717, 1.165) is 29.1 Å². The summed E-state index contributed by atoms with van der Waals surface area (Å²) in [6, 6.07) is 8.34. The third-order valence-electron chi connectivity index (χ3n) is 4.93. The number of aryl methyl sites for hydroxylation is 1. The van der Waals surface area contributed by atoms with Gasteiger partial charge in [-0.3, -0.25) is 4.79 Å². The van der Waals surface area contributed by atoms with Crippen LogP contribution in [0.25, 0.3) is 5.69 Å². The van der Waals surface area contributed by atoms with Crippen LogP contribution >= 0.6 is 0 Å². The van der Waals surface area contributed by atoms with Crippen molar-refractivity contribution in [2.24, 2.45) is 5.92 Å². The summed E-state index contributed by atoms with van der Waals surface area (Å²) in [5.74, 6) is 0.721. The lowest BCUT2D eigenvalue weighted by Gasteiger charge is -2.27. The van der Waals surface area contributed by atoms with Gasteiger partial charge >= 0.3 is 0 Å². The molecule has 1 amide bonds. The number of benzene rings is 1. The van der Waals surface area contributed by atoms with Gasteiger partial charge in [0, 0.05) is 13.1 Å². The maximum absolute atomic E-state index is 13.4. The molecule has 146 valence electrons. The predicted molar refractivity (Wildman–Crippen MR) is 108 cm³/mol. The van der Waals surface area contributed by atoms with E-state index in [1.165, 1.54) is 5.56 Å². The van der Waals surface area contributed by atoms with Crippen molar-refractivity contribution in [3.63, 3.8) is 0 Å². The first-order valence-electron chi connectivity index (χ1n) is 9.94. The van der Waals surface area contributed by atoms with Gasteiger partial charge in [0.15, 0.2) is 0 Å². The van der Waals surface area contributed by atoms with Crippen molar-refractivity contribution in [1.29, 1.82) is 0 Å². The molecule has 5 nitrogen and oxygen atoms in total. The fourth-order valence-corrected chi connectivity index (χ4v) is 3.58. The Morgan fingerprint density at radius 2 is 1.74 bits per heavy atom. The molecule has 27 heavy (non-hydrogen) atoms. The van der Waals surface area contributed by atoms with E-state index in [2.05, 4.69) is 58.9 Å². The van der Waals surface area contributed by atoms with Gasteiger partial charge in [0.1, 0.15) is 0 Å². The van der Waals surface area contributed by atoms with E-state index >= 15 is 0 Å². The molecule has 1 saturated heterocycles. The summed E-state index contributed by atoms with van der Waals surface area (Å²) in [6.45, 7) is 13.2. The monoisotopic (exact) mass is 369 g/mol. The number of rotatable bonds is 5. The lowest BCUT2D eigenvalue weighted by Crippen LogP contribution is -2.41. The topological polar surface area (TPSA) is 47.4 Å². The van der Waals surface area contributed by atoms with Gasteiger partial charge < -0.3 is 9.64 Å². The van der Waals surface area contributed by atoms with E-state index in [0.29, 0.717) is 32.2 Å². The Bertz CT molecular complexity index is 785. The second kappa shape index (κ2) is 8.26. The van der Waals surface area contributed by atoms with Crippen LogP contribution in [-0.2, 0) is 11.2 Å². The van der Waals surface area contributed by atoms with Gasteiger partial charge in [-0.25, -0.2) is 4.68 Å². The molecule has 0 atom stereocenters. The van der Waals surface area contributed by atoms with Gasteiger partial charge in [0.2, 0.25) is 0 Å². The van der Waals surface area contributed by atoms with Gasteiger partial charge in [-0.05, 0) is 37.3 Å². The summed E-state index contributed by atoms with van der Waals surface area (Å²) in [7, 11) is 0. The zero-order valence-corrected chi connectivity index (χ0v) is 17.2. The Morgan fingerprint density at radius 3 is 2.30 bits per heavy atom. The Hall–Kier alpha value is -2.14. The van der Waals surface area contributed by atoms with Crippen molar-refractivity contribution >= 4 is 5.91 Å². The van der Waals surface area contributed by atoms with Gasteiger partial charge in [-0.2, -0.15) is 5.10 Å². The van der Waals surface area contributed by atoms with Gasteiger partial charge in [-0.15, -0.1) is 0 Å². The summed E-state index contributed by atoms with van der Waals surface area (Å²) in [4.78, 5) is 15.4. The number of aromatic nitrogens is 2. The van der Waals surface area contributed by atoms with Crippen molar-refractivity contribution in [2.45, 2.75) is 47.0 Å². The minimum atomic E-state index is 0.0935. The highest BCUT2D eigenvalue weighted by molar-refractivity contribution is 5.97. The van der Waals surface area contributed by atoms with Crippen LogP contribution in [0.15, 0.2) is 24.3 Å². The number of morpholine rings is 1. The van der Waals surface area contributed by atoms with Crippen LogP contribution in [0.2, 0.25) is 0 Å². The summed E-state index contributed by atoms with van der Waals surface area (Å²) in [5, 5.41) is 4.93. The molecule has 0 aliphatic carbocycles. The van der Waals surface area contributed by atoms with Crippen LogP contribution in [0.4, 0.5) is 0 Å². The molecule has 0 saturated carbocycles. The number of carbonyl (C=O) groups is 1. The maximum atomic E-state index is 13.4. The minimum absolute atomic E-state index is 0.0935. The molecule has 1 aliphatic rings. The smallest absolute Gasteiger partial charge is 0.257 e. The Labute approximate surface area is 162 Å². The van der Waals surface area contributed by atoms with E-state index in [-0.39, 0.29) is 11.8 Å². The predicted octanol–water partition coefficient (Wildman–Crippen LogP) is 3.98. The molecule has 0 N–H and O–H groups in total. The third-order valence-corrected chi connectivity index (χ3v) is 4.93. The van der Waals surface area contributed by atoms with Gasteiger partial charge in [-0.1, -0.05) is 45.4 Å². The molecule has 0 unspecified atom stereocenters. The van der Waals surface area contributed by atoms with E-state index in [1.54, 1.807) is 0 Å². The fourth-order valence-electron chi connectivity index (χ4n) is 3.58. The summed E-state index contributed by atoms with van der Waals surface area (Å²) in [6.07, 6.45) is 0.796. The van der Waals surface area contributed by atoms with Crippen molar-refractivity contribution in [3.05, 3.63) is 46.8 Å². The van der Waals surface area contributed by atoms with E-state index in [1.807, 2.05) is 9.58 Å². The van der Waals surface area contributed by atoms with E-state index in [4.69, 9.17) is 9.84 Å². The lowest BCUT2D eigenvalue weighted by atomic mass is 9.97. The highest BCUT2D eigenvalue weighted by Gasteiger charge is 2.30. The number of amides is 1. The second-order valence-corrected chi connectivity index (χ2v) is 8.11. The molecular formula is C22H31N3O2. The summed E-state index contributed by atoms with van der Waals surface area (Å²) >= 11 is 0. The van der Waals surface area contributed by atoms with Gasteiger partial charge in [0.05, 0.1) is 35.9 Å². The second-order valence-electron chi connectivity index (χ2n) is 8.11. The molecule has 0 radical (unpaired) electrons. The van der Waals surface area contributed by atoms with E-state index < -0.39 is 0 Å². The van der Waals surface area contributed by atoms with Crippen LogP contribution in [0.3, 0.4) is 0 Å². The highest BCUT2D eigenvalue weighted by Crippen LogP contribution is 2.29. The largest absolute Gasteiger partial charge is 0.378 e. The number of carbonyl (C=O) groups excluding carboxylic acids is 1. The third kappa shape index (κ3) is 4.24. The quantitative estimate of drug-likeness (QED) is 0.801. The number of nitrogens with zero attached hydrogens (tertiary/aromatic N) is 3. The van der Waals surface area contributed by atoms with E-state index in [9.17, 15) is 4.79 Å². The SMILES string of the molecule is Cc1ccc(-n2nc(CC(C)C)c(C(=O)N3CCOCC3)c2C(C)C)cc1. The molecule has 1 fully saturated rings. The standard InChI is InChI=1S/C22H31N3O2/c1-15(2)14-19-20(22(26)24-10-12-27-13-11-24)21(16(3)4)25(23-19)18-8-6-17(5)7-9-18/h6-9,15-16H,10-14H2,1-5H3. The lowest BCUT2D eigenvalue weighted by molar-refractivity contribution is 0.0301. The average molecular weight is 370 g/mol. The van der Waals surface area contributed by atoms with Crippen molar-refractivity contribution in [1.82, 2.24) is 14.7 Å². The molecule has 1 aromatic carbocycles. The first-order valence-corrected chi connectivity index (χ1v) is 9.94. The normalized spacial score (nSPS) is 15.0. The number of hydrogen-bond donors (Lipinski definition) is 0. The van der Waals surface area contributed by atoms with Crippen LogP contribution in [0.1, 0.15) is 60.9 Å².